The summed E-state index contributed by atoms with van der Waals surface area (Å²) in [7, 11) is 0. The summed E-state index contributed by atoms with van der Waals surface area (Å²) in [5.74, 6) is -1.80. The monoisotopic (exact) mass is 318 g/mol. The van der Waals surface area contributed by atoms with Gasteiger partial charge >= 0.3 is 5.97 Å². The van der Waals surface area contributed by atoms with Gasteiger partial charge in [-0.2, -0.15) is 0 Å². The minimum absolute atomic E-state index is 0.00139. The van der Waals surface area contributed by atoms with Crippen molar-refractivity contribution in [3.8, 4) is 0 Å². The number of esters is 1. The van der Waals surface area contributed by atoms with Crippen molar-refractivity contribution in [2.45, 2.75) is 20.3 Å². The van der Waals surface area contributed by atoms with Crippen LogP contribution in [0.25, 0.3) is 11.0 Å². The Bertz CT molecular complexity index is 763. The van der Waals surface area contributed by atoms with Gasteiger partial charge in [0.25, 0.3) is 5.91 Å². The fraction of sp³-hybridized carbons (Fsp3) is 0.312. The molecule has 2 aromatic rings. The zero-order valence-corrected chi connectivity index (χ0v) is 13.0. The lowest BCUT2D eigenvalue weighted by Gasteiger charge is -2.05. The molecule has 0 saturated heterocycles. The summed E-state index contributed by atoms with van der Waals surface area (Å²) in [5.41, 5.74) is 8.49. The summed E-state index contributed by atoms with van der Waals surface area (Å²) in [6, 6.07) is 3.87. The van der Waals surface area contributed by atoms with Crippen LogP contribution in [0.2, 0.25) is 0 Å². The van der Waals surface area contributed by atoms with E-state index < -0.39 is 24.4 Å². The number of furan rings is 1. The maximum absolute atomic E-state index is 11.8. The topological polar surface area (TPSA) is 112 Å². The Morgan fingerprint density at radius 1 is 1.22 bits per heavy atom. The molecule has 0 fully saturated rings. The van der Waals surface area contributed by atoms with Gasteiger partial charge in [0, 0.05) is 10.9 Å². The molecule has 0 unspecified atom stereocenters. The molecular weight excluding hydrogens is 300 g/mol. The van der Waals surface area contributed by atoms with E-state index in [1.165, 1.54) is 6.26 Å². The molecule has 3 N–H and O–H groups in total. The van der Waals surface area contributed by atoms with Gasteiger partial charge in [0.15, 0.2) is 6.61 Å². The molecule has 0 atom stereocenters. The summed E-state index contributed by atoms with van der Waals surface area (Å²) in [4.78, 5) is 33.7. The van der Waals surface area contributed by atoms with Crippen LogP contribution in [0.3, 0.4) is 0 Å². The van der Waals surface area contributed by atoms with Gasteiger partial charge < -0.3 is 20.2 Å². The predicted molar refractivity (Wildman–Crippen MR) is 82.6 cm³/mol. The van der Waals surface area contributed by atoms with Gasteiger partial charge in [-0.05, 0) is 37.1 Å². The Balaban J connectivity index is 1.94. The predicted octanol–water partition coefficient (Wildman–Crippen LogP) is 0.737. The van der Waals surface area contributed by atoms with Crippen molar-refractivity contribution in [2.24, 2.45) is 5.73 Å². The first-order valence-electron chi connectivity index (χ1n) is 7.04. The maximum Gasteiger partial charge on any atom is 0.310 e. The minimum atomic E-state index is -0.666. The first-order chi connectivity index (χ1) is 10.9. The summed E-state index contributed by atoms with van der Waals surface area (Å²) in [6.45, 7) is 3.21. The van der Waals surface area contributed by atoms with Crippen LogP contribution in [0.5, 0.6) is 0 Å². The Morgan fingerprint density at radius 3 is 2.61 bits per heavy atom. The van der Waals surface area contributed by atoms with E-state index in [0.29, 0.717) is 11.1 Å². The number of benzene rings is 1. The molecule has 2 amide bonds. The van der Waals surface area contributed by atoms with Gasteiger partial charge in [0.1, 0.15) is 5.58 Å². The molecule has 0 radical (unpaired) electrons. The van der Waals surface area contributed by atoms with Crippen LogP contribution in [0, 0.1) is 13.8 Å². The standard InChI is InChI=1S/C16H18N2O5/c1-9-3-12-11(7-22-13(12)4-10(9)2)5-16(21)23-8-15(20)18-6-14(17)19/h3-4,7H,5-6,8H2,1-2H3,(H2,17,19)(H,18,20). The SMILES string of the molecule is Cc1cc2occ(CC(=O)OCC(=O)NCC(N)=O)c2cc1C. The van der Waals surface area contributed by atoms with E-state index in [4.69, 9.17) is 14.9 Å². The number of amides is 2. The number of aryl methyl sites for hydroxylation is 2. The fourth-order valence-electron chi connectivity index (χ4n) is 2.06. The number of ether oxygens (including phenoxy) is 1. The third-order valence-electron chi connectivity index (χ3n) is 3.43. The third-order valence-corrected chi connectivity index (χ3v) is 3.43. The lowest BCUT2D eigenvalue weighted by molar-refractivity contribution is -0.147. The van der Waals surface area contributed by atoms with E-state index in [9.17, 15) is 14.4 Å². The van der Waals surface area contributed by atoms with E-state index in [2.05, 4.69) is 5.32 Å². The quantitative estimate of drug-likeness (QED) is 0.763. The number of rotatable bonds is 6. The number of nitrogens with one attached hydrogen (secondary N) is 1. The van der Waals surface area contributed by atoms with E-state index >= 15 is 0 Å². The highest BCUT2D eigenvalue weighted by Crippen LogP contribution is 2.25. The number of fused-ring (bicyclic) bond motifs is 1. The van der Waals surface area contributed by atoms with Gasteiger partial charge in [-0.25, -0.2) is 0 Å². The van der Waals surface area contributed by atoms with Crippen LogP contribution >= 0.6 is 0 Å². The molecule has 122 valence electrons. The molecule has 0 aliphatic rings. The second-order valence-electron chi connectivity index (χ2n) is 5.27. The van der Waals surface area contributed by atoms with Gasteiger partial charge in [0.05, 0.1) is 19.2 Å². The summed E-state index contributed by atoms with van der Waals surface area (Å²) >= 11 is 0. The zero-order chi connectivity index (χ0) is 17.0. The highest BCUT2D eigenvalue weighted by molar-refractivity contribution is 5.88. The lowest BCUT2D eigenvalue weighted by Crippen LogP contribution is -2.36. The Kier molecular flexibility index (Phi) is 5.00. The van der Waals surface area contributed by atoms with E-state index in [1.54, 1.807) is 0 Å². The molecular formula is C16H18N2O5. The first kappa shape index (κ1) is 16.5. The van der Waals surface area contributed by atoms with E-state index in [0.717, 1.165) is 16.5 Å². The van der Waals surface area contributed by atoms with Gasteiger partial charge in [0.2, 0.25) is 5.91 Å². The molecule has 1 aromatic carbocycles. The minimum Gasteiger partial charge on any atom is -0.464 e. The van der Waals surface area contributed by atoms with Gasteiger partial charge in [-0.1, -0.05) is 0 Å². The van der Waals surface area contributed by atoms with Crippen molar-refractivity contribution in [3.63, 3.8) is 0 Å². The summed E-state index contributed by atoms with van der Waals surface area (Å²) in [6.07, 6.45) is 1.51. The lowest BCUT2D eigenvalue weighted by atomic mass is 10.0. The van der Waals surface area contributed by atoms with Crippen LogP contribution < -0.4 is 11.1 Å². The highest BCUT2D eigenvalue weighted by atomic mass is 16.5. The maximum atomic E-state index is 11.8. The molecule has 0 aliphatic heterocycles. The van der Waals surface area contributed by atoms with Crippen LogP contribution in [0.15, 0.2) is 22.8 Å². The van der Waals surface area contributed by atoms with Crippen molar-refractivity contribution in [3.05, 3.63) is 35.1 Å². The van der Waals surface area contributed by atoms with Crippen molar-refractivity contribution in [1.29, 1.82) is 0 Å². The van der Waals surface area contributed by atoms with Crippen molar-refractivity contribution in [2.75, 3.05) is 13.2 Å². The van der Waals surface area contributed by atoms with Crippen LogP contribution in [-0.2, 0) is 25.5 Å². The normalized spacial score (nSPS) is 10.5. The Hall–Kier alpha value is -2.83. The smallest absolute Gasteiger partial charge is 0.310 e. The van der Waals surface area contributed by atoms with Crippen LogP contribution in [0.1, 0.15) is 16.7 Å². The van der Waals surface area contributed by atoms with Gasteiger partial charge in [-0.3, -0.25) is 14.4 Å². The molecule has 7 nitrogen and oxygen atoms in total. The average Bonchev–Trinajstić information content (AvgIpc) is 2.85. The molecule has 1 aromatic heterocycles. The van der Waals surface area contributed by atoms with Gasteiger partial charge in [-0.15, -0.1) is 0 Å². The molecule has 0 spiro atoms. The average molecular weight is 318 g/mol. The van der Waals surface area contributed by atoms with Crippen LogP contribution in [0.4, 0.5) is 0 Å². The molecule has 0 saturated carbocycles. The number of hydrogen-bond donors (Lipinski definition) is 2. The molecule has 0 aliphatic carbocycles. The highest BCUT2D eigenvalue weighted by Gasteiger charge is 2.14. The van der Waals surface area contributed by atoms with Crippen LogP contribution in [-0.4, -0.2) is 30.9 Å². The van der Waals surface area contributed by atoms with Crippen molar-refractivity contribution in [1.82, 2.24) is 5.32 Å². The van der Waals surface area contributed by atoms with Crippen molar-refractivity contribution < 1.29 is 23.5 Å². The zero-order valence-electron chi connectivity index (χ0n) is 13.0. The first-order valence-corrected chi connectivity index (χ1v) is 7.04. The largest absolute Gasteiger partial charge is 0.464 e. The number of nitrogens with two attached hydrogens (primary N) is 1. The number of carbonyl (C=O) groups is 3. The molecule has 1 heterocycles. The molecule has 7 heteroatoms. The molecule has 2 rings (SSSR count). The molecule has 0 bridgehead atoms. The second-order valence-corrected chi connectivity index (χ2v) is 5.27. The van der Waals surface area contributed by atoms with E-state index in [-0.39, 0.29) is 13.0 Å². The number of hydrogen-bond acceptors (Lipinski definition) is 5. The van der Waals surface area contributed by atoms with Crippen molar-refractivity contribution >= 4 is 28.8 Å². The Labute approximate surface area is 132 Å². The molecule has 23 heavy (non-hydrogen) atoms. The summed E-state index contributed by atoms with van der Waals surface area (Å²) in [5, 5.41) is 3.08. The number of primary amides is 1. The second kappa shape index (κ2) is 6.95. The summed E-state index contributed by atoms with van der Waals surface area (Å²) < 4.78 is 10.3. The Morgan fingerprint density at radius 2 is 1.91 bits per heavy atom. The van der Waals surface area contributed by atoms with E-state index in [1.807, 2.05) is 26.0 Å². The fourth-order valence-corrected chi connectivity index (χ4v) is 2.06. The third kappa shape index (κ3) is 4.32. The number of carbonyl (C=O) groups excluding carboxylic acids is 3.